The molecular formula is C29H59N3O7. The summed E-state index contributed by atoms with van der Waals surface area (Å²) in [5.74, 6) is -0.921. The molecule has 232 valence electrons. The van der Waals surface area contributed by atoms with Crippen molar-refractivity contribution in [1.82, 2.24) is 16.0 Å². The van der Waals surface area contributed by atoms with E-state index in [0.29, 0.717) is 12.8 Å². The van der Waals surface area contributed by atoms with E-state index in [4.69, 9.17) is 10.2 Å². The molecule has 0 aliphatic carbocycles. The van der Waals surface area contributed by atoms with E-state index in [1.807, 2.05) is 26.2 Å². The zero-order valence-electron chi connectivity index (χ0n) is 25.2. The molecular weight excluding hydrogens is 502 g/mol. The number of carbonyl (C=O) groups is 5. The summed E-state index contributed by atoms with van der Waals surface area (Å²) in [5, 5.41) is 22.6. The van der Waals surface area contributed by atoms with Crippen LogP contribution < -0.4 is 16.0 Å². The maximum Gasteiger partial charge on any atom is 0.322 e. The lowest BCUT2D eigenvalue weighted by molar-refractivity contribution is -0.136. The number of likely N-dealkylation sites (N-methyl/N-ethyl adjacent to an activating group) is 1. The van der Waals surface area contributed by atoms with Gasteiger partial charge in [0.05, 0.1) is 0 Å². The Morgan fingerprint density at radius 3 is 1.31 bits per heavy atom. The van der Waals surface area contributed by atoms with Crippen molar-refractivity contribution in [3.8, 4) is 0 Å². The number of carbonyl (C=O) groups excluding carboxylic acids is 4. The van der Waals surface area contributed by atoms with E-state index < -0.39 is 5.97 Å². The van der Waals surface area contributed by atoms with E-state index in [9.17, 15) is 24.0 Å². The molecule has 0 fully saturated rings. The fourth-order valence-corrected chi connectivity index (χ4v) is 3.44. The van der Waals surface area contributed by atoms with E-state index in [2.05, 4.69) is 10.6 Å². The fraction of sp³-hybridized carbons (Fsp3) is 0.828. The molecule has 0 rings (SSSR count). The summed E-state index contributed by atoms with van der Waals surface area (Å²) in [5.41, 5.74) is 0. The molecule has 0 saturated carbocycles. The minimum absolute atomic E-state index is 0.114. The predicted molar refractivity (Wildman–Crippen MR) is 158 cm³/mol. The third-order valence-electron chi connectivity index (χ3n) is 5.47. The van der Waals surface area contributed by atoms with Crippen molar-refractivity contribution in [2.24, 2.45) is 0 Å². The van der Waals surface area contributed by atoms with E-state index in [0.717, 1.165) is 51.9 Å². The third kappa shape index (κ3) is 52.8. The van der Waals surface area contributed by atoms with Crippen molar-refractivity contribution in [1.29, 1.82) is 0 Å². The Balaban J connectivity index is -0.000000267. The molecule has 0 saturated heterocycles. The number of aldehydes is 2. The minimum atomic E-state index is -1.04. The second-order valence-electron chi connectivity index (χ2n) is 9.13. The Morgan fingerprint density at radius 2 is 1.08 bits per heavy atom. The Hall–Kier alpha value is -2.33. The van der Waals surface area contributed by atoms with Gasteiger partial charge in [-0.3, -0.25) is 14.4 Å². The second kappa shape index (κ2) is 42.7. The molecule has 5 N–H and O–H groups in total. The van der Waals surface area contributed by atoms with E-state index in [1.54, 1.807) is 0 Å². The van der Waals surface area contributed by atoms with Gasteiger partial charge in [-0.2, -0.15) is 0 Å². The first-order valence-electron chi connectivity index (χ1n) is 14.5. The topological polar surface area (TPSA) is 162 Å². The van der Waals surface area contributed by atoms with Gasteiger partial charge in [0.15, 0.2) is 0 Å². The molecule has 0 bridgehead atoms. The van der Waals surface area contributed by atoms with Gasteiger partial charge in [0.2, 0.25) is 12.3 Å². The van der Waals surface area contributed by atoms with Gasteiger partial charge >= 0.3 is 5.97 Å². The summed E-state index contributed by atoms with van der Waals surface area (Å²) in [6, 6.07) is 0.234. The smallest absolute Gasteiger partial charge is 0.322 e. The molecule has 1 atom stereocenters. The van der Waals surface area contributed by atoms with Crippen LogP contribution in [0.2, 0.25) is 0 Å². The number of unbranched alkanes of at least 4 members (excludes halogenated alkanes) is 15. The summed E-state index contributed by atoms with van der Waals surface area (Å²) in [7, 11) is 2.87. The summed E-state index contributed by atoms with van der Waals surface area (Å²) in [6.07, 6.45) is 22.6. The van der Waals surface area contributed by atoms with E-state index in [1.165, 1.54) is 77.0 Å². The van der Waals surface area contributed by atoms with Gasteiger partial charge in [0.1, 0.15) is 19.1 Å². The monoisotopic (exact) mass is 561 g/mol. The summed E-state index contributed by atoms with van der Waals surface area (Å²) >= 11 is 0. The molecule has 10 nitrogen and oxygen atoms in total. The average molecular weight is 562 g/mol. The predicted octanol–water partition coefficient (Wildman–Crippen LogP) is 4.17. The lowest BCUT2D eigenvalue weighted by Gasteiger charge is -2.11. The van der Waals surface area contributed by atoms with Crippen LogP contribution in [0.3, 0.4) is 0 Å². The molecule has 10 heteroatoms. The zero-order chi connectivity index (χ0) is 30.4. The highest BCUT2D eigenvalue weighted by atomic mass is 16.4. The minimum Gasteiger partial charge on any atom is -0.480 e. The van der Waals surface area contributed by atoms with Crippen molar-refractivity contribution in [3.63, 3.8) is 0 Å². The molecule has 0 aliphatic heterocycles. The number of aliphatic hydroxyl groups is 1. The Labute approximate surface area is 237 Å². The Bertz CT molecular complexity index is 513. The second-order valence-corrected chi connectivity index (χ2v) is 9.13. The number of aliphatic hydroxyl groups excluding tert-OH is 1. The SMILES string of the molecule is CCC(=O)NC(C)CNC.CO.O=CCCCCCCCCCCCCCCCCC=O.O=CNCC(=O)O. The van der Waals surface area contributed by atoms with Crippen LogP contribution in [0, 0.1) is 0 Å². The summed E-state index contributed by atoms with van der Waals surface area (Å²) < 4.78 is 0. The van der Waals surface area contributed by atoms with Gasteiger partial charge in [-0.15, -0.1) is 0 Å². The van der Waals surface area contributed by atoms with Crippen molar-refractivity contribution >= 4 is 30.9 Å². The molecule has 0 aromatic heterocycles. The van der Waals surface area contributed by atoms with Crippen LogP contribution in [0.15, 0.2) is 0 Å². The first-order valence-corrected chi connectivity index (χ1v) is 14.5. The highest BCUT2D eigenvalue weighted by Crippen LogP contribution is 2.13. The van der Waals surface area contributed by atoms with Crippen LogP contribution in [0.4, 0.5) is 0 Å². The maximum atomic E-state index is 10.8. The number of hydrogen-bond donors (Lipinski definition) is 5. The molecule has 0 spiro atoms. The molecule has 0 aliphatic rings. The van der Waals surface area contributed by atoms with Crippen LogP contribution in [-0.4, -0.2) is 74.4 Å². The normalized spacial score (nSPS) is 10.2. The van der Waals surface area contributed by atoms with Crippen molar-refractivity contribution in [2.75, 3.05) is 27.2 Å². The number of rotatable bonds is 24. The Kier molecular flexibility index (Phi) is 47.9. The fourth-order valence-electron chi connectivity index (χ4n) is 3.44. The molecule has 2 amide bonds. The highest BCUT2D eigenvalue weighted by molar-refractivity contribution is 5.75. The van der Waals surface area contributed by atoms with Crippen LogP contribution in [0.25, 0.3) is 0 Å². The van der Waals surface area contributed by atoms with Crippen LogP contribution in [0.5, 0.6) is 0 Å². The van der Waals surface area contributed by atoms with E-state index >= 15 is 0 Å². The molecule has 39 heavy (non-hydrogen) atoms. The van der Waals surface area contributed by atoms with Crippen molar-refractivity contribution in [2.45, 2.75) is 129 Å². The number of carboxylic acids is 1. The summed E-state index contributed by atoms with van der Waals surface area (Å²) in [6.45, 7) is 4.35. The summed E-state index contributed by atoms with van der Waals surface area (Å²) in [4.78, 5) is 49.9. The highest BCUT2D eigenvalue weighted by Gasteiger charge is 2.02. The first kappa shape index (κ1) is 43.7. The number of amides is 2. The molecule has 0 aromatic rings. The molecule has 1 unspecified atom stereocenters. The van der Waals surface area contributed by atoms with Gasteiger partial charge in [-0.25, -0.2) is 0 Å². The number of nitrogens with one attached hydrogen (secondary N) is 3. The molecule has 0 radical (unpaired) electrons. The third-order valence-corrected chi connectivity index (χ3v) is 5.47. The maximum absolute atomic E-state index is 10.8. The average Bonchev–Trinajstić information content (AvgIpc) is 2.93. The lowest BCUT2D eigenvalue weighted by atomic mass is 10.0. The number of hydrogen-bond acceptors (Lipinski definition) is 7. The standard InChI is InChI=1S/C18H34O2.C7H16N2O.C3H5NO3.CH4O/c19-17-15-13-11-9-7-5-3-1-2-4-6-8-10-12-14-16-18-20;1-4-7(10)9-6(2)5-8-3;5-2-4-1-3(6)7;1-2/h17-18H,1-16H2;6,8H,4-5H2,1-3H3,(H,9,10);2H,1H2,(H,4,5)(H,6,7);2H,1H3. The van der Waals surface area contributed by atoms with Gasteiger partial charge in [0, 0.05) is 39.0 Å². The van der Waals surface area contributed by atoms with Gasteiger partial charge in [-0.1, -0.05) is 84.0 Å². The van der Waals surface area contributed by atoms with Crippen molar-refractivity contribution in [3.05, 3.63) is 0 Å². The van der Waals surface area contributed by atoms with Crippen molar-refractivity contribution < 1.29 is 34.2 Å². The lowest BCUT2D eigenvalue weighted by Crippen LogP contribution is -2.38. The largest absolute Gasteiger partial charge is 0.480 e. The zero-order valence-corrected chi connectivity index (χ0v) is 25.2. The van der Waals surface area contributed by atoms with Crippen LogP contribution in [-0.2, 0) is 24.0 Å². The molecule has 0 aromatic carbocycles. The quantitative estimate of drug-likeness (QED) is 0.0866. The van der Waals surface area contributed by atoms with E-state index in [-0.39, 0.29) is 18.5 Å². The molecule has 0 heterocycles. The number of aliphatic carboxylic acids is 1. The van der Waals surface area contributed by atoms with Gasteiger partial charge in [-0.05, 0) is 26.8 Å². The van der Waals surface area contributed by atoms with Gasteiger partial charge in [0.25, 0.3) is 0 Å². The van der Waals surface area contributed by atoms with Gasteiger partial charge < -0.3 is 35.8 Å². The number of carboxylic acid groups (broad SMARTS) is 1. The first-order chi connectivity index (χ1) is 18.9. The van der Waals surface area contributed by atoms with Crippen LogP contribution >= 0.6 is 0 Å². The van der Waals surface area contributed by atoms with Crippen LogP contribution in [0.1, 0.15) is 123 Å². The Morgan fingerprint density at radius 1 is 0.718 bits per heavy atom.